The van der Waals surface area contributed by atoms with Crippen molar-refractivity contribution >= 4 is 12.3 Å². The number of phenolic OH excluding ortho intramolecular Hbond substituents is 1. The summed E-state index contributed by atoms with van der Waals surface area (Å²) in [7, 11) is 0. The van der Waals surface area contributed by atoms with Gasteiger partial charge in [-0.3, -0.25) is 9.59 Å². The Morgan fingerprint density at radius 1 is 1.50 bits per heavy atom. The molecule has 1 aromatic carbocycles. The van der Waals surface area contributed by atoms with Crippen molar-refractivity contribution in [2.24, 2.45) is 5.73 Å². The maximum Gasteiger partial charge on any atom is 0.325 e. The second-order valence-electron chi connectivity index (χ2n) is 2.75. The Balaban J connectivity index is 3.20. The number of hydrogen-bond acceptors (Lipinski definition) is 4. The highest BCUT2D eigenvalue weighted by Crippen LogP contribution is 2.19. The first-order valence-electron chi connectivity index (χ1n) is 3.82. The molecule has 0 radical (unpaired) electrons. The summed E-state index contributed by atoms with van der Waals surface area (Å²) in [5.74, 6) is -1.33. The number of nitrogens with two attached hydrogens (primary N) is 1. The first-order chi connectivity index (χ1) is 6.56. The van der Waals surface area contributed by atoms with Crippen LogP contribution in [0.3, 0.4) is 0 Å². The van der Waals surface area contributed by atoms with E-state index >= 15 is 0 Å². The molecule has 5 nitrogen and oxygen atoms in total. The van der Waals surface area contributed by atoms with Crippen LogP contribution in [-0.4, -0.2) is 22.5 Å². The van der Waals surface area contributed by atoms with E-state index in [-0.39, 0.29) is 16.9 Å². The molecule has 0 amide bonds. The van der Waals surface area contributed by atoms with Crippen molar-refractivity contribution in [3.05, 3.63) is 29.3 Å². The summed E-state index contributed by atoms with van der Waals surface area (Å²) in [6, 6.07) is 2.52. The Kier molecular flexibility index (Phi) is 2.83. The van der Waals surface area contributed by atoms with Crippen LogP contribution in [0.4, 0.5) is 0 Å². The van der Waals surface area contributed by atoms with Gasteiger partial charge in [0.05, 0.1) is 0 Å². The summed E-state index contributed by atoms with van der Waals surface area (Å²) >= 11 is 0. The molecule has 4 N–H and O–H groups in total. The second kappa shape index (κ2) is 3.89. The van der Waals surface area contributed by atoms with Crippen molar-refractivity contribution in [2.75, 3.05) is 0 Å². The molecular weight excluding hydrogens is 186 g/mol. The number of rotatable bonds is 3. The molecule has 0 spiro atoms. The van der Waals surface area contributed by atoms with Gasteiger partial charge >= 0.3 is 5.97 Å². The second-order valence-corrected chi connectivity index (χ2v) is 2.75. The predicted molar refractivity (Wildman–Crippen MR) is 48.1 cm³/mol. The van der Waals surface area contributed by atoms with Crippen molar-refractivity contribution in [2.45, 2.75) is 6.04 Å². The summed E-state index contributed by atoms with van der Waals surface area (Å²) in [5, 5.41) is 17.7. The third kappa shape index (κ3) is 1.89. The highest BCUT2D eigenvalue weighted by molar-refractivity contribution is 5.84. The molecule has 0 saturated heterocycles. The van der Waals surface area contributed by atoms with Crippen LogP contribution in [-0.2, 0) is 4.79 Å². The Morgan fingerprint density at radius 3 is 2.64 bits per heavy atom. The minimum Gasteiger partial charge on any atom is -0.508 e. The average Bonchev–Trinajstić information content (AvgIpc) is 2.16. The fraction of sp³-hybridized carbons (Fsp3) is 0.111. The molecule has 74 valence electrons. The van der Waals surface area contributed by atoms with E-state index in [0.29, 0.717) is 6.29 Å². The number of benzene rings is 1. The number of hydrogen-bond donors (Lipinski definition) is 3. The molecule has 0 bridgehead atoms. The third-order valence-electron chi connectivity index (χ3n) is 1.80. The van der Waals surface area contributed by atoms with Crippen molar-refractivity contribution in [1.82, 2.24) is 0 Å². The Morgan fingerprint density at radius 2 is 2.14 bits per heavy atom. The lowest BCUT2D eigenvalue weighted by molar-refractivity contribution is -0.138. The maximum atomic E-state index is 10.5. The average molecular weight is 195 g/mol. The summed E-state index contributed by atoms with van der Waals surface area (Å²) in [6.07, 6.45) is 0.456. The van der Waals surface area contributed by atoms with Crippen LogP contribution in [0.2, 0.25) is 0 Å². The van der Waals surface area contributed by atoms with E-state index in [0.717, 1.165) is 0 Å². The molecule has 0 aliphatic carbocycles. The highest BCUT2D eigenvalue weighted by Gasteiger charge is 2.17. The van der Waals surface area contributed by atoms with E-state index in [9.17, 15) is 9.59 Å². The zero-order valence-corrected chi connectivity index (χ0v) is 7.18. The minimum atomic E-state index is -1.25. The molecule has 0 fully saturated rings. The Bertz CT molecular complexity index is 375. The predicted octanol–water partition coefficient (Wildman–Crippen LogP) is 0.289. The SMILES string of the molecule is NC(C(=O)O)c1ccc(O)cc1C=O. The summed E-state index contributed by atoms with van der Waals surface area (Å²) in [5.41, 5.74) is 5.59. The fourth-order valence-electron chi connectivity index (χ4n) is 1.08. The van der Waals surface area contributed by atoms with Gasteiger partial charge in [-0.2, -0.15) is 0 Å². The number of aromatic hydroxyl groups is 1. The Hall–Kier alpha value is -1.88. The molecule has 14 heavy (non-hydrogen) atoms. The molecule has 0 aliphatic heterocycles. The topological polar surface area (TPSA) is 101 Å². The van der Waals surface area contributed by atoms with E-state index < -0.39 is 12.0 Å². The third-order valence-corrected chi connectivity index (χ3v) is 1.80. The van der Waals surface area contributed by atoms with Crippen molar-refractivity contribution < 1.29 is 19.8 Å². The lowest BCUT2D eigenvalue weighted by Crippen LogP contribution is -2.21. The number of phenols is 1. The van der Waals surface area contributed by atoms with E-state index in [4.69, 9.17) is 15.9 Å². The van der Waals surface area contributed by atoms with Crippen LogP contribution in [0.5, 0.6) is 5.75 Å². The number of carbonyl (C=O) groups is 2. The van der Waals surface area contributed by atoms with E-state index in [1.807, 2.05) is 0 Å². The van der Waals surface area contributed by atoms with E-state index in [1.165, 1.54) is 18.2 Å². The van der Waals surface area contributed by atoms with Crippen molar-refractivity contribution in [1.29, 1.82) is 0 Å². The Labute approximate surface area is 79.8 Å². The maximum absolute atomic E-state index is 10.5. The van der Waals surface area contributed by atoms with Gasteiger partial charge in [0.25, 0.3) is 0 Å². The summed E-state index contributed by atoms with van der Waals surface area (Å²) in [6.45, 7) is 0. The van der Waals surface area contributed by atoms with Gasteiger partial charge in [0, 0.05) is 5.56 Å². The molecule has 1 unspecified atom stereocenters. The first kappa shape index (κ1) is 10.2. The van der Waals surface area contributed by atoms with Crippen LogP contribution in [0, 0.1) is 0 Å². The molecule has 1 rings (SSSR count). The lowest BCUT2D eigenvalue weighted by Gasteiger charge is -2.09. The van der Waals surface area contributed by atoms with Gasteiger partial charge in [0.2, 0.25) is 0 Å². The fourth-order valence-corrected chi connectivity index (χ4v) is 1.08. The molecule has 0 heterocycles. The zero-order chi connectivity index (χ0) is 10.7. The lowest BCUT2D eigenvalue weighted by atomic mass is 10.0. The highest BCUT2D eigenvalue weighted by atomic mass is 16.4. The van der Waals surface area contributed by atoms with E-state index in [2.05, 4.69) is 0 Å². The molecular formula is C9H9NO4. The summed E-state index contributed by atoms with van der Waals surface area (Å²) < 4.78 is 0. The zero-order valence-electron chi connectivity index (χ0n) is 7.18. The van der Waals surface area contributed by atoms with Crippen molar-refractivity contribution in [3.63, 3.8) is 0 Å². The molecule has 5 heteroatoms. The first-order valence-corrected chi connectivity index (χ1v) is 3.82. The van der Waals surface area contributed by atoms with Gasteiger partial charge in [-0.05, 0) is 17.7 Å². The van der Waals surface area contributed by atoms with Crippen molar-refractivity contribution in [3.8, 4) is 5.75 Å². The van der Waals surface area contributed by atoms with Gasteiger partial charge in [-0.25, -0.2) is 0 Å². The van der Waals surface area contributed by atoms with Gasteiger partial charge in [0.15, 0.2) is 6.29 Å². The minimum absolute atomic E-state index is 0.0832. The molecule has 0 saturated carbocycles. The van der Waals surface area contributed by atoms with Crippen LogP contribution in [0.25, 0.3) is 0 Å². The quantitative estimate of drug-likeness (QED) is 0.602. The van der Waals surface area contributed by atoms with Crippen LogP contribution in [0.15, 0.2) is 18.2 Å². The van der Waals surface area contributed by atoms with Gasteiger partial charge < -0.3 is 15.9 Å². The molecule has 0 aromatic heterocycles. The standard InChI is InChI=1S/C9H9NO4/c10-8(9(13)14)7-2-1-6(12)3-5(7)4-11/h1-4,8,12H,10H2,(H,13,14). The number of carboxylic acids is 1. The normalized spacial score (nSPS) is 12.1. The molecule has 0 aliphatic rings. The number of aliphatic carboxylic acids is 1. The van der Waals surface area contributed by atoms with Gasteiger partial charge in [0.1, 0.15) is 11.8 Å². The number of carbonyl (C=O) groups excluding carboxylic acids is 1. The van der Waals surface area contributed by atoms with Crippen LogP contribution in [0.1, 0.15) is 22.0 Å². The van der Waals surface area contributed by atoms with E-state index in [1.54, 1.807) is 0 Å². The smallest absolute Gasteiger partial charge is 0.325 e. The summed E-state index contributed by atoms with van der Waals surface area (Å²) in [4.78, 5) is 21.1. The number of aldehydes is 1. The largest absolute Gasteiger partial charge is 0.508 e. The number of carboxylic acid groups (broad SMARTS) is 1. The monoisotopic (exact) mass is 195 g/mol. The van der Waals surface area contributed by atoms with Crippen LogP contribution < -0.4 is 5.73 Å². The van der Waals surface area contributed by atoms with Crippen LogP contribution >= 0.6 is 0 Å². The van der Waals surface area contributed by atoms with Gasteiger partial charge in [-0.15, -0.1) is 0 Å². The van der Waals surface area contributed by atoms with Gasteiger partial charge in [-0.1, -0.05) is 6.07 Å². The molecule has 1 aromatic rings. The molecule has 1 atom stereocenters.